The van der Waals surface area contributed by atoms with Crippen molar-refractivity contribution in [3.63, 3.8) is 0 Å². The van der Waals surface area contributed by atoms with E-state index in [2.05, 4.69) is 16.1 Å². The summed E-state index contributed by atoms with van der Waals surface area (Å²) < 4.78 is 34.8. The van der Waals surface area contributed by atoms with Crippen molar-refractivity contribution < 1.29 is 23.0 Å². The molecular weight excluding hydrogens is 340 g/mol. The number of aryl methyl sites for hydroxylation is 1. The van der Waals surface area contributed by atoms with Crippen LogP contribution in [0.2, 0.25) is 0 Å². The molecule has 0 fully saturated rings. The Labute approximate surface area is 151 Å². The van der Waals surface area contributed by atoms with Crippen LogP contribution in [0.5, 0.6) is 11.5 Å². The maximum absolute atomic E-state index is 12.7. The molecule has 0 saturated heterocycles. The van der Waals surface area contributed by atoms with Gasteiger partial charge in [0.1, 0.15) is 0 Å². The maximum atomic E-state index is 12.7. The lowest BCUT2D eigenvalue weighted by molar-refractivity contribution is -0.0514. The van der Waals surface area contributed by atoms with Gasteiger partial charge in [0.15, 0.2) is 11.5 Å². The first-order valence-electron chi connectivity index (χ1n) is 8.68. The van der Waals surface area contributed by atoms with Crippen molar-refractivity contribution in [3.8, 4) is 11.5 Å². The zero-order valence-electron chi connectivity index (χ0n) is 14.5. The molecule has 1 atom stereocenters. The van der Waals surface area contributed by atoms with Gasteiger partial charge in [-0.1, -0.05) is 24.3 Å². The molecule has 1 amide bonds. The molecule has 0 radical (unpaired) electrons. The number of hydrogen-bond donors (Lipinski definition) is 1. The summed E-state index contributed by atoms with van der Waals surface area (Å²) in [6.45, 7) is -0.939. The van der Waals surface area contributed by atoms with E-state index in [0.29, 0.717) is 5.56 Å². The van der Waals surface area contributed by atoms with Gasteiger partial charge in [0.05, 0.1) is 12.6 Å². The number of alkyl halides is 2. The fourth-order valence-corrected chi connectivity index (χ4v) is 3.26. The highest BCUT2D eigenvalue weighted by molar-refractivity contribution is 5.95. The van der Waals surface area contributed by atoms with Gasteiger partial charge in [-0.25, -0.2) is 0 Å². The highest BCUT2D eigenvalue weighted by atomic mass is 19.3. The van der Waals surface area contributed by atoms with Crippen molar-refractivity contribution in [2.24, 2.45) is 0 Å². The van der Waals surface area contributed by atoms with Crippen LogP contribution in [0.4, 0.5) is 8.78 Å². The summed E-state index contributed by atoms with van der Waals surface area (Å²) in [7, 11) is 0. The van der Waals surface area contributed by atoms with Gasteiger partial charge in [-0.3, -0.25) is 4.79 Å². The lowest BCUT2D eigenvalue weighted by Crippen LogP contribution is -2.31. The fraction of sp³-hybridized carbons (Fsp3) is 0.350. The quantitative estimate of drug-likeness (QED) is 0.824. The van der Waals surface area contributed by atoms with Gasteiger partial charge in [-0.2, -0.15) is 8.78 Å². The zero-order valence-corrected chi connectivity index (χ0v) is 14.5. The Morgan fingerprint density at radius 2 is 2.04 bits per heavy atom. The van der Waals surface area contributed by atoms with Crippen molar-refractivity contribution in [2.45, 2.75) is 38.8 Å². The van der Waals surface area contributed by atoms with Crippen LogP contribution >= 0.6 is 0 Å². The predicted octanol–water partition coefficient (Wildman–Crippen LogP) is 4.49. The molecular formula is C20H21F2NO3. The third-order valence-corrected chi connectivity index (χ3v) is 4.40. The molecule has 0 heterocycles. The Morgan fingerprint density at radius 1 is 1.23 bits per heavy atom. The molecule has 2 aromatic carbocycles. The number of carbonyl (C=O) groups is 1. The summed E-state index contributed by atoms with van der Waals surface area (Å²) >= 11 is 0. The third-order valence-electron chi connectivity index (χ3n) is 4.40. The Bertz CT molecular complexity index is 779. The Morgan fingerprint density at radius 3 is 2.81 bits per heavy atom. The normalized spacial score (nSPS) is 16.1. The number of hydrogen-bond acceptors (Lipinski definition) is 3. The minimum Gasteiger partial charge on any atom is -0.490 e. The van der Waals surface area contributed by atoms with E-state index in [1.54, 1.807) is 6.92 Å². The van der Waals surface area contributed by atoms with Crippen LogP contribution in [0.1, 0.15) is 47.3 Å². The van der Waals surface area contributed by atoms with Gasteiger partial charge in [-0.15, -0.1) is 0 Å². The second-order valence-corrected chi connectivity index (χ2v) is 6.09. The van der Waals surface area contributed by atoms with Crippen LogP contribution in [0, 0.1) is 0 Å². The van der Waals surface area contributed by atoms with Crippen LogP contribution < -0.4 is 14.8 Å². The Hall–Kier alpha value is -2.63. The van der Waals surface area contributed by atoms with Gasteiger partial charge in [0.25, 0.3) is 5.91 Å². The lowest BCUT2D eigenvalue weighted by Gasteiger charge is -2.26. The van der Waals surface area contributed by atoms with Crippen molar-refractivity contribution in [1.82, 2.24) is 5.32 Å². The second-order valence-electron chi connectivity index (χ2n) is 6.09. The number of halogens is 2. The SMILES string of the molecule is CCOc1cc(C(=O)N[C@@H]2CCCc3ccccc32)ccc1OC(F)F. The van der Waals surface area contributed by atoms with Crippen LogP contribution in [0.25, 0.3) is 0 Å². The molecule has 3 rings (SSSR count). The molecule has 0 aliphatic heterocycles. The third kappa shape index (κ3) is 4.12. The number of benzene rings is 2. The number of ether oxygens (including phenoxy) is 2. The molecule has 138 valence electrons. The topological polar surface area (TPSA) is 47.6 Å². The standard InChI is InChI=1S/C20H21F2NO3/c1-2-25-18-12-14(10-11-17(18)26-20(21)22)19(24)23-16-9-5-7-13-6-3-4-8-15(13)16/h3-4,6,8,10-12,16,20H,2,5,7,9H2,1H3,(H,23,24)/t16-/m1/s1. The lowest BCUT2D eigenvalue weighted by atomic mass is 9.87. The summed E-state index contributed by atoms with van der Waals surface area (Å²) in [5.74, 6) is -0.220. The molecule has 6 heteroatoms. The molecule has 26 heavy (non-hydrogen) atoms. The molecule has 0 saturated carbocycles. The van der Waals surface area contributed by atoms with E-state index in [4.69, 9.17) is 4.74 Å². The molecule has 0 bridgehead atoms. The first-order chi connectivity index (χ1) is 12.6. The Kier molecular flexibility index (Phi) is 5.71. The van der Waals surface area contributed by atoms with Crippen molar-refractivity contribution >= 4 is 5.91 Å². The monoisotopic (exact) mass is 361 g/mol. The van der Waals surface area contributed by atoms with Gasteiger partial charge in [0.2, 0.25) is 0 Å². The smallest absolute Gasteiger partial charge is 0.387 e. The van der Waals surface area contributed by atoms with Crippen molar-refractivity contribution in [3.05, 3.63) is 59.2 Å². The molecule has 1 N–H and O–H groups in total. The zero-order chi connectivity index (χ0) is 18.5. The summed E-state index contributed by atoms with van der Waals surface area (Å²) in [6.07, 6.45) is 2.89. The van der Waals surface area contributed by atoms with E-state index in [1.165, 1.54) is 23.8 Å². The van der Waals surface area contributed by atoms with Gasteiger partial charge in [0, 0.05) is 5.56 Å². The maximum Gasteiger partial charge on any atom is 0.387 e. The largest absolute Gasteiger partial charge is 0.490 e. The van der Waals surface area contributed by atoms with E-state index in [-0.39, 0.29) is 30.1 Å². The summed E-state index contributed by atoms with van der Waals surface area (Å²) in [6, 6.07) is 12.3. The molecule has 4 nitrogen and oxygen atoms in total. The molecule has 1 aliphatic rings. The molecule has 2 aromatic rings. The minimum atomic E-state index is -2.95. The minimum absolute atomic E-state index is 0.0556. The molecule has 0 aromatic heterocycles. The first kappa shape index (κ1) is 18.2. The number of rotatable bonds is 6. The summed E-state index contributed by atoms with van der Waals surface area (Å²) in [5, 5.41) is 3.04. The van der Waals surface area contributed by atoms with Gasteiger partial charge in [-0.05, 0) is 55.5 Å². The van der Waals surface area contributed by atoms with Crippen LogP contribution in [0.15, 0.2) is 42.5 Å². The highest BCUT2D eigenvalue weighted by Crippen LogP contribution is 2.32. The predicted molar refractivity (Wildman–Crippen MR) is 93.8 cm³/mol. The van der Waals surface area contributed by atoms with Gasteiger partial charge < -0.3 is 14.8 Å². The summed E-state index contributed by atoms with van der Waals surface area (Å²) in [5.41, 5.74) is 2.73. The van der Waals surface area contributed by atoms with Crippen LogP contribution in [0.3, 0.4) is 0 Å². The number of fused-ring (bicyclic) bond motifs is 1. The highest BCUT2D eigenvalue weighted by Gasteiger charge is 2.22. The first-order valence-corrected chi connectivity index (χ1v) is 8.68. The molecule has 1 aliphatic carbocycles. The fourth-order valence-electron chi connectivity index (χ4n) is 3.26. The Balaban J connectivity index is 1.79. The van der Waals surface area contributed by atoms with E-state index in [1.807, 2.05) is 18.2 Å². The summed E-state index contributed by atoms with van der Waals surface area (Å²) in [4.78, 5) is 12.7. The average molecular weight is 361 g/mol. The van der Waals surface area contributed by atoms with E-state index >= 15 is 0 Å². The number of amides is 1. The van der Waals surface area contributed by atoms with Crippen molar-refractivity contribution in [1.29, 1.82) is 0 Å². The number of nitrogens with one attached hydrogen (secondary N) is 1. The van der Waals surface area contributed by atoms with Crippen LogP contribution in [-0.4, -0.2) is 19.1 Å². The average Bonchev–Trinajstić information content (AvgIpc) is 2.63. The van der Waals surface area contributed by atoms with Crippen LogP contribution in [-0.2, 0) is 6.42 Å². The number of carbonyl (C=O) groups excluding carboxylic acids is 1. The second kappa shape index (κ2) is 8.17. The molecule has 0 spiro atoms. The molecule has 0 unspecified atom stereocenters. The van der Waals surface area contributed by atoms with E-state index in [0.717, 1.165) is 24.8 Å². The van der Waals surface area contributed by atoms with E-state index in [9.17, 15) is 13.6 Å². The van der Waals surface area contributed by atoms with E-state index < -0.39 is 6.61 Å². The van der Waals surface area contributed by atoms with Crippen molar-refractivity contribution in [2.75, 3.05) is 6.61 Å². The van der Waals surface area contributed by atoms with Gasteiger partial charge >= 0.3 is 6.61 Å².